The molecule has 0 N–H and O–H groups in total. The lowest BCUT2D eigenvalue weighted by Crippen LogP contribution is -2.75. The van der Waals surface area contributed by atoms with Crippen LogP contribution >= 0.6 is 0 Å². The SMILES string of the molecule is CC1(C)c2ccccc2-c2c1ccc1c3ccccc3n(-c3cccc([Si](c4ccccc4)(c4ccccc4)c4cccc5c6ccccc6n(-c6ccccc6)c45)c3)c21. The Morgan fingerprint density at radius 1 is 0.367 bits per heavy atom. The summed E-state index contributed by atoms with van der Waals surface area (Å²) in [5.41, 5.74) is 12.7. The predicted octanol–water partition coefficient (Wildman–Crippen LogP) is 11.6. The molecule has 9 aromatic carbocycles. The van der Waals surface area contributed by atoms with Crippen molar-refractivity contribution < 1.29 is 0 Å². The Labute approximate surface area is 351 Å². The fourth-order valence-electron chi connectivity index (χ4n) is 10.9. The maximum absolute atomic E-state index is 3.11. The number of aromatic nitrogens is 2. The quantitative estimate of drug-likeness (QED) is 0.117. The molecule has 12 rings (SSSR count). The number of rotatable bonds is 6. The van der Waals surface area contributed by atoms with E-state index in [4.69, 9.17) is 0 Å². The van der Waals surface area contributed by atoms with Crippen LogP contribution in [0.1, 0.15) is 25.0 Å². The molecule has 0 aliphatic heterocycles. The smallest absolute Gasteiger partial charge is 0.181 e. The average molecular weight is 783 g/mol. The molecular weight excluding hydrogens is 741 g/mol. The highest BCUT2D eigenvalue weighted by Crippen LogP contribution is 2.52. The molecule has 1 aliphatic carbocycles. The maximum atomic E-state index is 2.57. The summed E-state index contributed by atoms with van der Waals surface area (Å²) in [6, 6.07) is 82.0. The molecule has 0 atom stereocenters. The fraction of sp³-hybridized carbons (Fsp3) is 0.0526. The van der Waals surface area contributed by atoms with E-state index < -0.39 is 8.07 Å². The third kappa shape index (κ3) is 4.75. The Hall–Kier alpha value is -7.20. The van der Waals surface area contributed by atoms with Crippen LogP contribution in [0.3, 0.4) is 0 Å². The summed E-state index contributed by atoms with van der Waals surface area (Å²) >= 11 is 0. The Kier molecular flexibility index (Phi) is 7.63. The molecule has 0 saturated heterocycles. The number of hydrogen-bond donors (Lipinski definition) is 0. The van der Waals surface area contributed by atoms with Gasteiger partial charge in [0.05, 0.1) is 22.1 Å². The van der Waals surface area contributed by atoms with E-state index >= 15 is 0 Å². The van der Waals surface area contributed by atoms with E-state index in [9.17, 15) is 0 Å². The van der Waals surface area contributed by atoms with Gasteiger partial charge in [-0.3, -0.25) is 0 Å². The van der Waals surface area contributed by atoms with Crippen LogP contribution in [0.25, 0.3) is 66.1 Å². The molecule has 3 heteroatoms. The highest BCUT2D eigenvalue weighted by atomic mass is 28.3. The van der Waals surface area contributed by atoms with Crippen LogP contribution in [0.15, 0.2) is 218 Å². The molecule has 60 heavy (non-hydrogen) atoms. The average Bonchev–Trinajstić information content (AvgIpc) is 3.91. The number of hydrogen-bond acceptors (Lipinski definition) is 0. The van der Waals surface area contributed by atoms with Crippen molar-refractivity contribution >= 4 is 72.4 Å². The van der Waals surface area contributed by atoms with Crippen LogP contribution in [-0.4, -0.2) is 17.2 Å². The molecule has 0 bridgehead atoms. The molecule has 0 radical (unpaired) electrons. The summed E-state index contributed by atoms with van der Waals surface area (Å²) in [6.07, 6.45) is 0. The summed E-state index contributed by atoms with van der Waals surface area (Å²) in [5, 5.41) is 10.5. The molecule has 0 amide bonds. The third-order valence-electron chi connectivity index (χ3n) is 13.4. The highest BCUT2D eigenvalue weighted by Gasteiger charge is 2.44. The molecular formula is C57H42N2Si. The van der Waals surface area contributed by atoms with E-state index in [1.165, 1.54) is 92.3 Å². The van der Waals surface area contributed by atoms with E-state index in [1.807, 2.05) is 0 Å². The summed E-state index contributed by atoms with van der Waals surface area (Å²) in [6.45, 7) is 4.76. The van der Waals surface area contributed by atoms with E-state index in [0.29, 0.717) is 0 Å². The van der Waals surface area contributed by atoms with Crippen LogP contribution in [0.2, 0.25) is 0 Å². The molecule has 0 spiro atoms. The largest absolute Gasteiger partial charge is 0.309 e. The molecule has 11 aromatic rings. The molecule has 0 fully saturated rings. The van der Waals surface area contributed by atoms with Gasteiger partial charge in [0.25, 0.3) is 0 Å². The van der Waals surface area contributed by atoms with Crippen molar-refractivity contribution in [1.82, 2.24) is 9.13 Å². The van der Waals surface area contributed by atoms with Crippen molar-refractivity contribution in [3.8, 4) is 22.5 Å². The first-order chi connectivity index (χ1) is 29.6. The minimum Gasteiger partial charge on any atom is -0.309 e. The van der Waals surface area contributed by atoms with Gasteiger partial charge >= 0.3 is 0 Å². The van der Waals surface area contributed by atoms with Crippen molar-refractivity contribution in [2.24, 2.45) is 0 Å². The van der Waals surface area contributed by atoms with Crippen LogP contribution in [0.4, 0.5) is 0 Å². The number of para-hydroxylation sites is 4. The Balaban J connectivity index is 1.23. The van der Waals surface area contributed by atoms with Crippen molar-refractivity contribution in [3.63, 3.8) is 0 Å². The van der Waals surface area contributed by atoms with Gasteiger partial charge in [0.15, 0.2) is 8.07 Å². The van der Waals surface area contributed by atoms with Gasteiger partial charge in [0.2, 0.25) is 0 Å². The van der Waals surface area contributed by atoms with Gasteiger partial charge in [-0.05, 0) is 73.8 Å². The molecule has 2 nitrogen and oxygen atoms in total. The second kappa shape index (κ2) is 13.2. The van der Waals surface area contributed by atoms with Crippen molar-refractivity contribution in [1.29, 1.82) is 0 Å². The van der Waals surface area contributed by atoms with Gasteiger partial charge in [-0.25, -0.2) is 0 Å². The summed E-state index contributed by atoms with van der Waals surface area (Å²) in [4.78, 5) is 0. The maximum Gasteiger partial charge on any atom is 0.181 e. The van der Waals surface area contributed by atoms with Crippen LogP contribution in [0, 0.1) is 0 Å². The van der Waals surface area contributed by atoms with Gasteiger partial charge in [0, 0.05) is 43.9 Å². The lowest BCUT2D eigenvalue weighted by Gasteiger charge is -2.35. The van der Waals surface area contributed by atoms with Gasteiger partial charge in [0.1, 0.15) is 0 Å². The minimum absolute atomic E-state index is 0.109. The minimum atomic E-state index is -3.11. The van der Waals surface area contributed by atoms with Gasteiger partial charge in [-0.15, -0.1) is 0 Å². The van der Waals surface area contributed by atoms with Crippen molar-refractivity contribution in [3.05, 3.63) is 230 Å². The highest BCUT2D eigenvalue weighted by molar-refractivity contribution is 7.20. The second-order valence-corrected chi connectivity index (χ2v) is 20.6. The monoisotopic (exact) mass is 782 g/mol. The molecule has 1 aliphatic rings. The summed E-state index contributed by atoms with van der Waals surface area (Å²) in [7, 11) is -3.11. The fourth-order valence-corrected chi connectivity index (χ4v) is 15.9. The molecule has 0 saturated carbocycles. The molecule has 2 aromatic heterocycles. The van der Waals surface area contributed by atoms with E-state index in [0.717, 1.165) is 5.69 Å². The van der Waals surface area contributed by atoms with Gasteiger partial charge in [-0.2, -0.15) is 0 Å². The molecule has 2 heterocycles. The lowest BCUT2D eigenvalue weighted by atomic mass is 9.82. The van der Waals surface area contributed by atoms with Crippen LogP contribution in [-0.2, 0) is 5.41 Å². The zero-order valence-electron chi connectivity index (χ0n) is 33.7. The Morgan fingerprint density at radius 2 is 0.867 bits per heavy atom. The van der Waals surface area contributed by atoms with E-state index in [1.54, 1.807) is 0 Å². The van der Waals surface area contributed by atoms with E-state index in [-0.39, 0.29) is 5.41 Å². The van der Waals surface area contributed by atoms with Gasteiger partial charge < -0.3 is 9.13 Å². The number of benzene rings is 9. The number of nitrogens with zero attached hydrogens (tertiary/aromatic N) is 2. The number of fused-ring (bicyclic) bond motifs is 10. The molecule has 0 unspecified atom stereocenters. The van der Waals surface area contributed by atoms with Crippen LogP contribution < -0.4 is 20.7 Å². The summed E-state index contributed by atoms with van der Waals surface area (Å²) < 4.78 is 5.09. The topological polar surface area (TPSA) is 9.86 Å². The Morgan fingerprint density at radius 3 is 1.55 bits per heavy atom. The van der Waals surface area contributed by atoms with E-state index in [2.05, 4.69) is 241 Å². The zero-order valence-corrected chi connectivity index (χ0v) is 34.7. The normalized spacial score (nSPS) is 13.3. The lowest BCUT2D eigenvalue weighted by molar-refractivity contribution is 0.661. The Bertz CT molecular complexity index is 3410. The predicted molar refractivity (Wildman–Crippen MR) is 256 cm³/mol. The van der Waals surface area contributed by atoms with Gasteiger partial charge in [-0.1, -0.05) is 196 Å². The first kappa shape index (κ1) is 34.8. The van der Waals surface area contributed by atoms with Crippen molar-refractivity contribution in [2.75, 3.05) is 0 Å². The standard InChI is InChI=1S/C57H42N2Si/c1-57(2)49-32-15-12-30-48(49)54-50(57)37-36-47-45-29-14-17-34-52(45)59(56(47)54)40-22-18-27-43(38-40)60(41-23-8-4-9-24-41,42-25-10-5-11-26-42)53-35-19-31-46-44-28-13-16-33-51(44)58(55(46)53)39-20-6-3-7-21-39/h3-38H,1-2H3. The molecule has 284 valence electrons. The van der Waals surface area contributed by atoms with Crippen LogP contribution in [0.5, 0.6) is 0 Å². The third-order valence-corrected chi connectivity index (χ3v) is 18.2. The second-order valence-electron chi connectivity index (χ2n) is 16.8. The zero-order chi connectivity index (χ0) is 40.0. The van der Waals surface area contributed by atoms with Crippen molar-refractivity contribution in [2.45, 2.75) is 19.3 Å². The summed E-state index contributed by atoms with van der Waals surface area (Å²) in [5.74, 6) is 0. The first-order valence-electron chi connectivity index (χ1n) is 21.0. The first-order valence-corrected chi connectivity index (χ1v) is 23.0.